The van der Waals surface area contributed by atoms with Crippen LogP contribution in [0.3, 0.4) is 0 Å². The number of anilines is 3. The summed E-state index contributed by atoms with van der Waals surface area (Å²) in [5, 5.41) is 14.5. The van der Waals surface area contributed by atoms with Crippen molar-refractivity contribution < 1.29 is 9.47 Å². The Morgan fingerprint density at radius 1 is 1.19 bits per heavy atom. The van der Waals surface area contributed by atoms with E-state index >= 15 is 0 Å². The third-order valence-electron chi connectivity index (χ3n) is 4.30. The van der Waals surface area contributed by atoms with Crippen LogP contribution in [0.2, 0.25) is 0 Å². The first kappa shape index (κ1) is 17.2. The van der Waals surface area contributed by atoms with E-state index in [-0.39, 0.29) is 12.8 Å². The molecule has 0 spiro atoms. The second-order valence-electron chi connectivity index (χ2n) is 6.31. The molecule has 140 valence electrons. The molecule has 4 rings (SSSR count). The highest BCUT2D eigenvalue weighted by Gasteiger charge is 2.33. The molecule has 9 nitrogen and oxygen atoms in total. The van der Waals surface area contributed by atoms with Gasteiger partial charge < -0.3 is 20.1 Å². The van der Waals surface area contributed by atoms with Crippen molar-refractivity contribution in [3.63, 3.8) is 0 Å². The van der Waals surface area contributed by atoms with Crippen LogP contribution < -0.4 is 20.1 Å². The number of aliphatic imine (C=N–C) groups is 1. The highest BCUT2D eigenvalue weighted by Crippen LogP contribution is 2.37. The molecule has 27 heavy (non-hydrogen) atoms. The maximum absolute atomic E-state index is 5.88. The maximum atomic E-state index is 5.88. The van der Waals surface area contributed by atoms with Crippen LogP contribution in [0.25, 0.3) is 0 Å². The molecule has 1 aromatic carbocycles. The minimum Gasteiger partial charge on any atom is -0.493 e. The summed E-state index contributed by atoms with van der Waals surface area (Å²) < 4.78 is 11.3. The summed E-state index contributed by atoms with van der Waals surface area (Å²) >= 11 is 0. The standard InChI is InChI=1S/C18H21N7O2/c1-19-15-7-8-20-18(23-15)21-12-5-6-13(26-2)14(9-12)27-10-16-22-17(25-24-16)11-3-4-11/h5-9,11,17H,3-4,10H2,1-2H3,(H2,19,20,21,23). The zero-order valence-electron chi connectivity index (χ0n) is 15.2. The van der Waals surface area contributed by atoms with Gasteiger partial charge in [0.05, 0.1) is 7.11 Å². The van der Waals surface area contributed by atoms with Gasteiger partial charge >= 0.3 is 0 Å². The number of nitrogens with one attached hydrogen (secondary N) is 2. The van der Waals surface area contributed by atoms with Crippen LogP contribution in [0.4, 0.5) is 17.5 Å². The molecule has 1 aromatic heterocycles. The number of hydrogen-bond acceptors (Lipinski definition) is 9. The molecule has 0 bridgehead atoms. The van der Waals surface area contributed by atoms with Crippen LogP contribution in [0, 0.1) is 5.92 Å². The van der Waals surface area contributed by atoms with Gasteiger partial charge in [0.15, 0.2) is 23.5 Å². The number of azo groups is 1. The lowest BCUT2D eigenvalue weighted by atomic mass is 10.2. The van der Waals surface area contributed by atoms with Crippen LogP contribution in [-0.2, 0) is 0 Å². The molecule has 0 saturated heterocycles. The summed E-state index contributed by atoms with van der Waals surface area (Å²) in [6, 6.07) is 7.32. The van der Waals surface area contributed by atoms with Crippen molar-refractivity contribution in [2.45, 2.75) is 19.0 Å². The first-order valence-electron chi connectivity index (χ1n) is 8.81. The Balaban J connectivity index is 1.45. The van der Waals surface area contributed by atoms with Gasteiger partial charge in [0, 0.05) is 30.9 Å². The number of nitrogens with zero attached hydrogens (tertiary/aromatic N) is 5. The Morgan fingerprint density at radius 3 is 2.85 bits per heavy atom. The van der Waals surface area contributed by atoms with Crippen LogP contribution >= 0.6 is 0 Å². The third kappa shape index (κ3) is 4.13. The highest BCUT2D eigenvalue weighted by molar-refractivity contribution is 5.85. The molecule has 1 unspecified atom stereocenters. The van der Waals surface area contributed by atoms with E-state index in [0.29, 0.717) is 29.2 Å². The van der Waals surface area contributed by atoms with Crippen molar-refractivity contribution in [3.05, 3.63) is 30.5 Å². The Kier molecular flexibility index (Phi) is 4.82. The number of hydrogen-bond donors (Lipinski definition) is 2. The summed E-state index contributed by atoms with van der Waals surface area (Å²) in [5.74, 6) is 3.59. The third-order valence-corrected chi connectivity index (χ3v) is 4.30. The van der Waals surface area contributed by atoms with E-state index in [1.807, 2.05) is 25.2 Å². The maximum Gasteiger partial charge on any atom is 0.229 e. The Morgan fingerprint density at radius 2 is 2.07 bits per heavy atom. The van der Waals surface area contributed by atoms with Crippen molar-refractivity contribution in [2.24, 2.45) is 21.1 Å². The lowest BCUT2D eigenvalue weighted by Gasteiger charge is -2.12. The Labute approximate surface area is 157 Å². The van der Waals surface area contributed by atoms with E-state index < -0.39 is 0 Å². The van der Waals surface area contributed by atoms with Crippen LogP contribution in [0.5, 0.6) is 11.5 Å². The number of aromatic nitrogens is 2. The molecular weight excluding hydrogens is 346 g/mol. The molecule has 2 N–H and O–H groups in total. The van der Waals surface area contributed by atoms with Crippen molar-refractivity contribution in [1.29, 1.82) is 0 Å². The van der Waals surface area contributed by atoms with Crippen LogP contribution in [-0.4, -0.2) is 42.7 Å². The summed E-state index contributed by atoms with van der Waals surface area (Å²) in [6.45, 7) is 0.248. The highest BCUT2D eigenvalue weighted by atomic mass is 16.5. The zero-order valence-corrected chi connectivity index (χ0v) is 15.2. The van der Waals surface area contributed by atoms with Gasteiger partial charge in [-0.2, -0.15) is 10.1 Å². The lowest BCUT2D eigenvalue weighted by Crippen LogP contribution is -2.09. The molecule has 2 aliphatic rings. The average Bonchev–Trinajstić information content (AvgIpc) is 3.45. The minimum atomic E-state index is -0.0184. The van der Waals surface area contributed by atoms with Gasteiger partial charge in [0.25, 0.3) is 0 Å². The topological polar surface area (TPSA) is 105 Å². The first-order chi connectivity index (χ1) is 13.2. The second kappa shape index (κ2) is 7.56. The molecule has 1 fully saturated rings. The first-order valence-corrected chi connectivity index (χ1v) is 8.81. The van der Waals surface area contributed by atoms with E-state index in [4.69, 9.17) is 9.47 Å². The second-order valence-corrected chi connectivity index (χ2v) is 6.31. The monoisotopic (exact) mass is 367 g/mol. The number of amidine groups is 1. The van der Waals surface area contributed by atoms with Gasteiger partial charge in [-0.3, -0.25) is 0 Å². The molecule has 0 amide bonds. The molecule has 1 saturated carbocycles. The quantitative estimate of drug-likeness (QED) is 0.742. The van der Waals surface area contributed by atoms with Gasteiger partial charge in [-0.05, 0) is 31.0 Å². The Bertz CT molecular complexity index is 880. The smallest absolute Gasteiger partial charge is 0.229 e. The molecular formula is C18H21N7O2. The number of rotatable bonds is 8. The fourth-order valence-electron chi connectivity index (χ4n) is 2.69. The van der Waals surface area contributed by atoms with Gasteiger partial charge in [-0.15, -0.1) is 5.11 Å². The van der Waals surface area contributed by atoms with Gasteiger partial charge in [-0.1, -0.05) is 0 Å². The Hall–Kier alpha value is -3.23. The van der Waals surface area contributed by atoms with E-state index in [2.05, 4.69) is 35.8 Å². The predicted octanol–water partition coefficient (Wildman–Crippen LogP) is 3.25. The molecule has 2 aromatic rings. The summed E-state index contributed by atoms with van der Waals surface area (Å²) in [4.78, 5) is 13.1. The van der Waals surface area contributed by atoms with Crippen molar-refractivity contribution in [1.82, 2.24) is 9.97 Å². The molecule has 1 atom stereocenters. The molecule has 9 heteroatoms. The van der Waals surface area contributed by atoms with E-state index in [0.717, 1.165) is 11.5 Å². The normalized spacial score (nSPS) is 18.1. The summed E-state index contributed by atoms with van der Waals surface area (Å²) in [5.41, 5.74) is 0.782. The molecule has 0 radical (unpaired) electrons. The van der Waals surface area contributed by atoms with Crippen LogP contribution in [0.15, 0.2) is 45.7 Å². The van der Waals surface area contributed by atoms with E-state index in [1.165, 1.54) is 12.8 Å². The number of benzene rings is 1. The SMILES string of the molecule is CNc1ccnc(Nc2ccc(OC)c(OCC3=NC(C4CC4)N=N3)c2)n1. The average molecular weight is 367 g/mol. The van der Waals surface area contributed by atoms with Crippen molar-refractivity contribution in [3.8, 4) is 11.5 Å². The van der Waals surface area contributed by atoms with E-state index in [9.17, 15) is 0 Å². The molecule has 1 aliphatic heterocycles. The predicted molar refractivity (Wildman–Crippen MR) is 102 cm³/mol. The molecule has 1 aliphatic carbocycles. The van der Waals surface area contributed by atoms with Crippen molar-refractivity contribution in [2.75, 3.05) is 31.4 Å². The van der Waals surface area contributed by atoms with Gasteiger partial charge in [0.2, 0.25) is 5.95 Å². The van der Waals surface area contributed by atoms with Crippen molar-refractivity contribution >= 4 is 23.3 Å². The zero-order chi connectivity index (χ0) is 18.6. The lowest BCUT2D eigenvalue weighted by molar-refractivity contribution is 0.334. The fraction of sp³-hybridized carbons (Fsp3) is 0.389. The van der Waals surface area contributed by atoms with Gasteiger partial charge in [0.1, 0.15) is 12.4 Å². The van der Waals surface area contributed by atoms with Gasteiger partial charge in [-0.25, -0.2) is 9.98 Å². The number of ether oxygens (including phenoxy) is 2. The van der Waals surface area contributed by atoms with Crippen LogP contribution in [0.1, 0.15) is 12.8 Å². The number of methoxy groups -OCH3 is 1. The van der Waals surface area contributed by atoms with E-state index in [1.54, 1.807) is 19.4 Å². The minimum absolute atomic E-state index is 0.0184. The summed E-state index contributed by atoms with van der Waals surface area (Å²) in [7, 11) is 3.41. The largest absolute Gasteiger partial charge is 0.493 e. The fourth-order valence-corrected chi connectivity index (χ4v) is 2.69. The molecule has 2 heterocycles. The summed E-state index contributed by atoms with van der Waals surface area (Å²) in [6.07, 6.45) is 4.02.